The van der Waals surface area contributed by atoms with E-state index in [0.717, 1.165) is 36.3 Å². The Kier molecular flexibility index (Phi) is 11.9. The number of aliphatic hydroxyl groups is 1. The van der Waals surface area contributed by atoms with Gasteiger partial charge in [0.15, 0.2) is 0 Å². The molecule has 0 spiro atoms. The molecule has 3 fully saturated rings. The standard InChI is InChI=1S/C41H48BrNO5S/c1-27(11-9-17-34(44)38-43-23-24-49-38)32-20-21-33-29(16-10-22-41(32,33)2)19-18-28-25-35(47-39(45)30-12-5-3-6-13-30)37(42)36(26-28)48-40(46)31-14-7-4-8-15-31/h3-8,12-15,18-19,23-24,27,32-37,44H,9-11,16-17,20-22,25-26H2,1-2H3/b28-18?,29-19+/t27-,32-,33+,34?,35-,36-,37?,41-/m1/s1. The Morgan fingerprint density at radius 1 is 0.980 bits per heavy atom. The molecular weight excluding hydrogens is 698 g/mol. The fourth-order valence-corrected chi connectivity index (χ4v) is 10.0. The van der Waals surface area contributed by atoms with Crippen LogP contribution < -0.4 is 0 Å². The van der Waals surface area contributed by atoms with Crippen LogP contribution in [-0.2, 0) is 9.47 Å². The van der Waals surface area contributed by atoms with Crippen molar-refractivity contribution in [1.82, 2.24) is 4.98 Å². The molecule has 3 aliphatic carbocycles. The Balaban J connectivity index is 1.15. The lowest BCUT2D eigenvalue weighted by Gasteiger charge is -2.44. The minimum absolute atomic E-state index is 0.269. The fourth-order valence-electron chi connectivity index (χ4n) is 8.77. The number of allylic oxidation sites excluding steroid dienone is 3. The highest BCUT2D eigenvalue weighted by molar-refractivity contribution is 9.09. The summed E-state index contributed by atoms with van der Waals surface area (Å²) >= 11 is 5.29. The van der Waals surface area contributed by atoms with Crippen LogP contribution in [-0.4, -0.2) is 39.1 Å². The molecule has 8 heteroatoms. The number of carbonyl (C=O) groups is 2. The Hall–Kier alpha value is -3.07. The monoisotopic (exact) mass is 745 g/mol. The number of halogens is 1. The molecule has 3 saturated carbocycles. The number of rotatable bonds is 11. The molecular formula is C41H48BrNO5S. The normalized spacial score (nSPS) is 28.8. The average Bonchev–Trinajstić information content (AvgIpc) is 3.78. The molecule has 1 heterocycles. The van der Waals surface area contributed by atoms with Gasteiger partial charge in [-0.25, -0.2) is 14.6 Å². The first-order chi connectivity index (χ1) is 23.7. The molecule has 49 heavy (non-hydrogen) atoms. The molecule has 1 unspecified atom stereocenters. The lowest BCUT2D eigenvalue weighted by molar-refractivity contribution is -0.00359. The first kappa shape index (κ1) is 35.7. The second-order valence-corrected chi connectivity index (χ2v) is 16.4. The third-order valence-corrected chi connectivity index (χ3v) is 13.4. The summed E-state index contributed by atoms with van der Waals surface area (Å²) in [4.78, 5) is 30.2. The predicted octanol–water partition coefficient (Wildman–Crippen LogP) is 10.1. The summed E-state index contributed by atoms with van der Waals surface area (Å²) in [5, 5.41) is 13.3. The van der Waals surface area contributed by atoms with Gasteiger partial charge in [-0.3, -0.25) is 0 Å². The molecule has 0 saturated heterocycles. The van der Waals surface area contributed by atoms with Gasteiger partial charge in [0.25, 0.3) is 0 Å². The van der Waals surface area contributed by atoms with Crippen molar-refractivity contribution in [2.24, 2.45) is 23.2 Å². The molecule has 0 bridgehead atoms. The van der Waals surface area contributed by atoms with Gasteiger partial charge in [-0.1, -0.05) is 102 Å². The molecule has 0 aliphatic heterocycles. The van der Waals surface area contributed by atoms with Crippen molar-refractivity contribution in [3.8, 4) is 0 Å². The van der Waals surface area contributed by atoms with Gasteiger partial charge in [-0.15, -0.1) is 11.3 Å². The molecule has 7 atom stereocenters. The van der Waals surface area contributed by atoms with Gasteiger partial charge in [0.05, 0.1) is 16.0 Å². The zero-order chi connectivity index (χ0) is 34.4. The van der Waals surface area contributed by atoms with Crippen LogP contribution in [0.2, 0.25) is 0 Å². The van der Waals surface area contributed by atoms with Crippen LogP contribution in [0.25, 0.3) is 0 Å². The summed E-state index contributed by atoms with van der Waals surface area (Å²) < 4.78 is 12.1. The van der Waals surface area contributed by atoms with E-state index in [1.807, 2.05) is 41.8 Å². The van der Waals surface area contributed by atoms with Crippen LogP contribution >= 0.6 is 27.3 Å². The second-order valence-electron chi connectivity index (χ2n) is 14.4. The van der Waals surface area contributed by atoms with E-state index in [2.05, 4.69) is 46.9 Å². The van der Waals surface area contributed by atoms with Gasteiger partial charge in [-0.05, 0) is 86.0 Å². The van der Waals surface area contributed by atoms with Crippen LogP contribution in [0.1, 0.15) is 110 Å². The van der Waals surface area contributed by atoms with Gasteiger partial charge in [0.2, 0.25) is 0 Å². The summed E-state index contributed by atoms with van der Waals surface area (Å²) in [7, 11) is 0. The zero-order valence-corrected chi connectivity index (χ0v) is 30.9. The Bertz CT molecular complexity index is 1540. The summed E-state index contributed by atoms with van der Waals surface area (Å²) in [5.74, 6) is 1.06. The van der Waals surface area contributed by atoms with Gasteiger partial charge >= 0.3 is 11.9 Å². The average molecular weight is 747 g/mol. The fraction of sp³-hybridized carbons (Fsp3) is 0.488. The van der Waals surface area contributed by atoms with Crippen molar-refractivity contribution in [2.45, 2.75) is 101 Å². The van der Waals surface area contributed by atoms with E-state index in [1.54, 1.807) is 30.5 Å². The van der Waals surface area contributed by atoms with E-state index >= 15 is 0 Å². The van der Waals surface area contributed by atoms with Crippen molar-refractivity contribution in [3.05, 3.63) is 112 Å². The number of nitrogens with zero attached hydrogens (tertiary/aromatic N) is 1. The molecule has 1 aromatic heterocycles. The number of alkyl halides is 1. The molecule has 260 valence electrons. The SMILES string of the molecule is C[C@H](CCCC(O)c1nccs1)[C@H]1CC[C@H]2/C(=C/C=C3C[C@@H](OC(=O)c4ccccc4)C(Br)[C@H](OC(=O)c4ccccc4)C3)CCC[C@]12C. The lowest BCUT2D eigenvalue weighted by Crippen LogP contribution is -2.43. The molecule has 0 radical (unpaired) electrons. The van der Waals surface area contributed by atoms with Crippen LogP contribution in [0.4, 0.5) is 0 Å². The van der Waals surface area contributed by atoms with Crippen LogP contribution in [0.5, 0.6) is 0 Å². The number of benzene rings is 2. The molecule has 6 nitrogen and oxygen atoms in total. The molecule has 3 aliphatic rings. The van der Waals surface area contributed by atoms with Crippen molar-refractivity contribution in [3.63, 3.8) is 0 Å². The van der Waals surface area contributed by atoms with Crippen molar-refractivity contribution in [2.75, 3.05) is 0 Å². The predicted molar refractivity (Wildman–Crippen MR) is 198 cm³/mol. The van der Waals surface area contributed by atoms with E-state index in [0.29, 0.717) is 41.7 Å². The Morgan fingerprint density at radius 3 is 2.20 bits per heavy atom. The highest BCUT2D eigenvalue weighted by atomic mass is 79.9. The van der Waals surface area contributed by atoms with E-state index in [9.17, 15) is 14.7 Å². The maximum atomic E-state index is 13.1. The summed E-state index contributed by atoms with van der Waals surface area (Å²) in [6.07, 6.45) is 14.9. The molecule has 6 rings (SSSR count). The van der Waals surface area contributed by atoms with Gasteiger partial charge in [0, 0.05) is 24.4 Å². The topological polar surface area (TPSA) is 85.7 Å². The van der Waals surface area contributed by atoms with Crippen LogP contribution in [0.3, 0.4) is 0 Å². The number of hydrogen-bond donors (Lipinski definition) is 1. The Labute approximate surface area is 303 Å². The number of thiazole rings is 1. The lowest BCUT2D eigenvalue weighted by atomic mass is 9.60. The smallest absolute Gasteiger partial charge is 0.338 e. The first-order valence-corrected chi connectivity index (χ1v) is 19.6. The van der Waals surface area contributed by atoms with E-state index in [1.165, 1.54) is 42.6 Å². The Morgan fingerprint density at radius 2 is 1.61 bits per heavy atom. The van der Waals surface area contributed by atoms with Crippen molar-refractivity contribution in [1.29, 1.82) is 0 Å². The highest BCUT2D eigenvalue weighted by Crippen LogP contribution is 2.60. The third kappa shape index (κ3) is 8.46. The van der Waals surface area contributed by atoms with Crippen LogP contribution in [0, 0.1) is 23.2 Å². The number of carbonyl (C=O) groups excluding carboxylic acids is 2. The largest absolute Gasteiger partial charge is 0.457 e. The summed E-state index contributed by atoms with van der Waals surface area (Å²) in [6.45, 7) is 4.94. The number of esters is 2. The quantitative estimate of drug-likeness (QED) is 0.155. The minimum Gasteiger partial charge on any atom is -0.457 e. The number of ether oxygens (including phenoxy) is 2. The first-order valence-electron chi connectivity index (χ1n) is 17.8. The van der Waals surface area contributed by atoms with Crippen molar-refractivity contribution < 1.29 is 24.2 Å². The molecule has 3 aromatic rings. The number of hydrogen-bond acceptors (Lipinski definition) is 7. The highest BCUT2D eigenvalue weighted by Gasteiger charge is 2.50. The summed E-state index contributed by atoms with van der Waals surface area (Å²) in [6, 6.07) is 18.1. The maximum absolute atomic E-state index is 13.1. The molecule has 0 amide bonds. The second kappa shape index (κ2) is 16.3. The molecule has 2 aromatic carbocycles. The maximum Gasteiger partial charge on any atom is 0.338 e. The third-order valence-electron chi connectivity index (χ3n) is 11.3. The minimum atomic E-state index is -0.484. The molecule has 1 N–H and O–H groups in total. The van der Waals surface area contributed by atoms with E-state index < -0.39 is 18.3 Å². The van der Waals surface area contributed by atoms with Gasteiger partial charge < -0.3 is 14.6 Å². The number of fused-ring (bicyclic) bond motifs is 1. The van der Waals surface area contributed by atoms with Crippen LogP contribution in [0.15, 0.2) is 95.5 Å². The van der Waals surface area contributed by atoms with E-state index in [-0.39, 0.29) is 22.2 Å². The number of aliphatic hydroxyl groups excluding tert-OH is 1. The number of aromatic nitrogens is 1. The van der Waals surface area contributed by atoms with E-state index in [4.69, 9.17) is 9.47 Å². The van der Waals surface area contributed by atoms with Crippen molar-refractivity contribution >= 4 is 39.2 Å². The zero-order valence-electron chi connectivity index (χ0n) is 28.5. The summed E-state index contributed by atoms with van der Waals surface area (Å²) in [5.41, 5.74) is 3.91. The van der Waals surface area contributed by atoms with Gasteiger partial charge in [-0.2, -0.15) is 0 Å². The van der Waals surface area contributed by atoms with Gasteiger partial charge in [0.1, 0.15) is 23.3 Å².